The average molecular weight is 571 g/mol. The standard InChI is InChI=1S/C29H36BrN3O4/c1-17(2)29(6)20-16-19(18-12-14-32(15-13-18)27(36)37-28(3,4)5)10-11-22(20)33(26(29)35)23-9-7-8-21(30)24(23)25(31)34/h7-11,16-18H,12-15H2,1-6H3,(H2,31,34). The predicted octanol–water partition coefficient (Wildman–Crippen LogP) is 6.25. The van der Waals surface area contributed by atoms with Crippen LogP contribution >= 0.6 is 15.9 Å². The number of fused-ring (bicyclic) bond motifs is 1. The van der Waals surface area contributed by atoms with Gasteiger partial charge in [0, 0.05) is 17.6 Å². The van der Waals surface area contributed by atoms with Crippen molar-refractivity contribution in [3.8, 4) is 0 Å². The number of piperidine rings is 1. The Labute approximate surface area is 227 Å². The molecule has 1 unspecified atom stereocenters. The maximum Gasteiger partial charge on any atom is 0.410 e. The van der Waals surface area contributed by atoms with Gasteiger partial charge in [-0.25, -0.2) is 4.79 Å². The fourth-order valence-corrected chi connectivity index (χ4v) is 5.89. The lowest BCUT2D eigenvalue weighted by molar-refractivity contribution is -0.123. The molecule has 1 atom stereocenters. The minimum absolute atomic E-state index is 0.0252. The number of likely N-dealkylation sites (tertiary alicyclic amines) is 1. The van der Waals surface area contributed by atoms with Crippen molar-refractivity contribution < 1.29 is 19.1 Å². The first-order valence-electron chi connectivity index (χ1n) is 12.8. The van der Waals surface area contributed by atoms with Crippen molar-refractivity contribution in [2.45, 2.75) is 71.3 Å². The molecule has 0 spiro atoms. The van der Waals surface area contributed by atoms with Gasteiger partial charge < -0.3 is 15.4 Å². The summed E-state index contributed by atoms with van der Waals surface area (Å²) in [6, 6.07) is 11.5. The third-order valence-corrected chi connectivity index (χ3v) is 8.38. The molecule has 0 aromatic heterocycles. The van der Waals surface area contributed by atoms with Crippen LogP contribution in [-0.4, -0.2) is 41.5 Å². The number of primary amides is 1. The Balaban J connectivity index is 1.68. The second-order valence-corrected chi connectivity index (χ2v) is 12.4. The number of rotatable bonds is 4. The molecular weight excluding hydrogens is 534 g/mol. The molecule has 2 aliphatic rings. The predicted molar refractivity (Wildman–Crippen MR) is 148 cm³/mol. The first-order valence-corrected chi connectivity index (χ1v) is 13.6. The van der Waals surface area contributed by atoms with Crippen molar-refractivity contribution >= 4 is 45.2 Å². The molecule has 2 aromatic carbocycles. The van der Waals surface area contributed by atoms with Gasteiger partial charge in [0.15, 0.2) is 0 Å². The molecule has 0 bridgehead atoms. The summed E-state index contributed by atoms with van der Waals surface area (Å²) in [6.07, 6.45) is 1.38. The van der Waals surface area contributed by atoms with E-state index in [1.54, 1.807) is 28.0 Å². The van der Waals surface area contributed by atoms with E-state index in [9.17, 15) is 14.4 Å². The van der Waals surface area contributed by atoms with Crippen molar-refractivity contribution in [2.75, 3.05) is 18.0 Å². The van der Waals surface area contributed by atoms with Crippen molar-refractivity contribution in [2.24, 2.45) is 11.7 Å². The van der Waals surface area contributed by atoms with E-state index in [1.165, 1.54) is 0 Å². The topological polar surface area (TPSA) is 92.9 Å². The van der Waals surface area contributed by atoms with E-state index in [0.29, 0.717) is 23.2 Å². The Morgan fingerprint density at radius 1 is 1.11 bits per heavy atom. The van der Waals surface area contributed by atoms with E-state index in [2.05, 4.69) is 28.1 Å². The molecule has 0 saturated carbocycles. The number of hydrogen-bond donors (Lipinski definition) is 1. The largest absolute Gasteiger partial charge is 0.444 e. The fourth-order valence-electron chi connectivity index (χ4n) is 5.34. The van der Waals surface area contributed by atoms with Crippen LogP contribution in [0.2, 0.25) is 0 Å². The lowest BCUT2D eigenvalue weighted by Crippen LogP contribution is -2.41. The Bertz CT molecular complexity index is 1240. The molecule has 2 aliphatic heterocycles. The molecule has 3 amide bonds. The number of carbonyl (C=O) groups is 3. The number of ether oxygens (including phenoxy) is 1. The van der Waals surface area contributed by atoms with Crippen molar-refractivity contribution in [3.63, 3.8) is 0 Å². The van der Waals surface area contributed by atoms with Gasteiger partial charge in [-0.1, -0.05) is 32.0 Å². The molecule has 7 nitrogen and oxygen atoms in total. The Morgan fingerprint density at radius 3 is 2.32 bits per heavy atom. The van der Waals surface area contributed by atoms with Crippen LogP contribution < -0.4 is 10.6 Å². The summed E-state index contributed by atoms with van der Waals surface area (Å²) in [5, 5.41) is 0. The van der Waals surface area contributed by atoms with Crippen LogP contribution in [0.3, 0.4) is 0 Å². The molecule has 0 radical (unpaired) electrons. The number of benzene rings is 2. The van der Waals surface area contributed by atoms with Crippen molar-refractivity contribution in [3.05, 3.63) is 57.6 Å². The maximum atomic E-state index is 14.0. The minimum atomic E-state index is -0.764. The van der Waals surface area contributed by atoms with Crippen LogP contribution in [0, 0.1) is 5.92 Å². The number of nitrogens with zero attached hydrogens (tertiary/aromatic N) is 2. The third kappa shape index (κ3) is 4.88. The monoisotopic (exact) mass is 569 g/mol. The Kier molecular flexibility index (Phi) is 7.18. The van der Waals surface area contributed by atoms with Gasteiger partial charge in [0.2, 0.25) is 5.91 Å². The van der Waals surface area contributed by atoms with Crippen molar-refractivity contribution in [1.82, 2.24) is 4.90 Å². The fraction of sp³-hybridized carbons (Fsp3) is 0.483. The normalized spacial score (nSPS) is 20.4. The average Bonchev–Trinajstić information content (AvgIpc) is 3.05. The van der Waals surface area contributed by atoms with Crippen LogP contribution in [0.15, 0.2) is 40.9 Å². The van der Waals surface area contributed by atoms with Crippen LogP contribution in [-0.2, 0) is 14.9 Å². The lowest BCUT2D eigenvalue weighted by Gasteiger charge is -2.34. The highest BCUT2D eigenvalue weighted by Gasteiger charge is 2.50. The quantitative estimate of drug-likeness (QED) is 0.470. The van der Waals surface area contributed by atoms with Crippen LogP contribution in [0.5, 0.6) is 0 Å². The first-order chi connectivity index (χ1) is 17.3. The number of anilines is 2. The summed E-state index contributed by atoms with van der Waals surface area (Å²) in [5.41, 5.74) is 8.10. The number of nitrogens with two attached hydrogens (primary N) is 1. The number of hydrogen-bond acceptors (Lipinski definition) is 4. The zero-order chi connectivity index (χ0) is 27.3. The number of carbonyl (C=O) groups excluding carboxylic acids is 3. The first kappa shape index (κ1) is 27.2. The Hall–Kier alpha value is -2.87. The van der Waals surface area contributed by atoms with Gasteiger partial charge in [-0.3, -0.25) is 14.5 Å². The van der Waals surface area contributed by atoms with E-state index in [1.807, 2.05) is 47.6 Å². The zero-order valence-corrected chi connectivity index (χ0v) is 24.0. The molecular formula is C29H36BrN3O4. The van der Waals surface area contributed by atoms with Gasteiger partial charge in [-0.15, -0.1) is 0 Å². The summed E-state index contributed by atoms with van der Waals surface area (Å²) in [5.74, 6) is -0.368. The second kappa shape index (κ2) is 9.78. The summed E-state index contributed by atoms with van der Waals surface area (Å²) in [7, 11) is 0. The molecule has 0 aliphatic carbocycles. The van der Waals surface area contributed by atoms with E-state index in [4.69, 9.17) is 10.5 Å². The Morgan fingerprint density at radius 2 is 1.76 bits per heavy atom. The SMILES string of the molecule is CC(C)C1(C)C(=O)N(c2cccc(Br)c2C(N)=O)c2ccc(C3CCN(C(=O)OC(C)(C)C)CC3)cc21. The molecule has 2 aromatic rings. The highest BCUT2D eigenvalue weighted by atomic mass is 79.9. The van der Waals surface area contributed by atoms with Crippen LogP contribution in [0.25, 0.3) is 0 Å². The maximum absolute atomic E-state index is 14.0. The molecule has 1 fully saturated rings. The zero-order valence-electron chi connectivity index (χ0n) is 22.4. The molecule has 8 heteroatoms. The highest BCUT2D eigenvalue weighted by Crippen LogP contribution is 2.51. The van der Waals surface area contributed by atoms with Crippen LogP contribution in [0.4, 0.5) is 16.2 Å². The van der Waals surface area contributed by atoms with Gasteiger partial charge in [0.25, 0.3) is 5.91 Å². The van der Waals surface area contributed by atoms with Gasteiger partial charge in [-0.05, 0) is 97.6 Å². The summed E-state index contributed by atoms with van der Waals surface area (Å²) < 4.78 is 6.09. The minimum Gasteiger partial charge on any atom is -0.444 e. The van der Waals surface area contributed by atoms with Gasteiger partial charge >= 0.3 is 6.09 Å². The van der Waals surface area contributed by atoms with E-state index in [0.717, 1.165) is 29.7 Å². The summed E-state index contributed by atoms with van der Waals surface area (Å²) in [6.45, 7) is 13.0. The van der Waals surface area contributed by atoms with Gasteiger partial charge in [0.1, 0.15) is 5.60 Å². The lowest BCUT2D eigenvalue weighted by atomic mass is 9.73. The molecule has 37 heavy (non-hydrogen) atoms. The van der Waals surface area contributed by atoms with Gasteiger partial charge in [0.05, 0.1) is 22.4 Å². The molecule has 2 heterocycles. The van der Waals surface area contributed by atoms with E-state index in [-0.39, 0.29) is 29.4 Å². The van der Waals surface area contributed by atoms with E-state index < -0.39 is 16.9 Å². The molecule has 2 N–H and O–H groups in total. The number of amides is 3. The smallest absolute Gasteiger partial charge is 0.410 e. The summed E-state index contributed by atoms with van der Waals surface area (Å²) >= 11 is 3.43. The highest BCUT2D eigenvalue weighted by molar-refractivity contribution is 9.10. The van der Waals surface area contributed by atoms with Crippen molar-refractivity contribution in [1.29, 1.82) is 0 Å². The van der Waals surface area contributed by atoms with Gasteiger partial charge in [-0.2, -0.15) is 0 Å². The molecule has 4 rings (SSSR count). The molecule has 1 saturated heterocycles. The summed E-state index contributed by atoms with van der Waals surface area (Å²) in [4.78, 5) is 42.3. The molecule has 198 valence electrons. The number of halogens is 1. The van der Waals surface area contributed by atoms with Crippen LogP contribution in [0.1, 0.15) is 81.8 Å². The second-order valence-electron chi connectivity index (χ2n) is 11.5. The van der Waals surface area contributed by atoms with E-state index >= 15 is 0 Å². The third-order valence-electron chi connectivity index (χ3n) is 7.72.